The number of nitro benzene ring substituents is 1. The Bertz CT molecular complexity index is 702. The van der Waals surface area contributed by atoms with Gasteiger partial charge in [-0.05, 0) is 24.3 Å². The van der Waals surface area contributed by atoms with Gasteiger partial charge in [-0.3, -0.25) is 10.1 Å². The Morgan fingerprint density at radius 1 is 1.29 bits per heavy atom. The lowest BCUT2D eigenvalue weighted by molar-refractivity contribution is -0.385. The minimum Gasteiger partial charge on any atom is -0.488 e. The second-order valence-corrected chi connectivity index (χ2v) is 4.56. The molecular formula is C14H10ClNO5. The molecule has 108 valence electrons. The van der Waals surface area contributed by atoms with E-state index in [-0.39, 0.29) is 29.2 Å². The molecule has 0 saturated heterocycles. The van der Waals surface area contributed by atoms with Gasteiger partial charge in [-0.15, -0.1) is 0 Å². The Hall–Kier alpha value is -2.60. The Labute approximate surface area is 124 Å². The summed E-state index contributed by atoms with van der Waals surface area (Å²) in [5.41, 5.74) is 0.127. The molecule has 0 aliphatic heterocycles. The SMILES string of the molecule is O=C(O)c1ccccc1OCc1cc(Cl)ccc1[N+](=O)[O-]. The number of ether oxygens (including phenoxy) is 1. The average Bonchev–Trinajstić information content (AvgIpc) is 2.45. The minimum absolute atomic E-state index is 0.0119. The number of nitro groups is 1. The van der Waals surface area contributed by atoms with Crippen molar-refractivity contribution in [1.82, 2.24) is 0 Å². The summed E-state index contributed by atoms with van der Waals surface area (Å²) in [4.78, 5) is 21.4. The van der Waals surface area contributed by atoms with Crippen molar-refractivity contribution in [2.24, 2.45) is 0 Å². The van der Waals surface area contributed by atoms with E-state index in [0.717, 1.165) is 0 Å². The number of carboxylic acids is 1. The van der Waals surface area contributed by atoms with Crippen molar-refractivity contribution < 1.29 is 19.6 Å². The third kappa shape index (κ3) is 3.49. The fourth-order valence-electron chi connectivity index (χ4n) is 1.77. The van der Waals surface area contributed by atoms with Gasteiger partial charge in [0.05, 0.1) is 10.5 Å². The number of rotatable bonds is 5. The first kappa shape index (κ1) is 14.8. The van der Waals surface area contributed by atoms with Crippen LogP contribution in [0.2, 0.25) is 5.02 Å². The quantitative estimate of drug-likeness (QED) is 0.674. The van der Waals surface area contributed by atoms with Crippen molar-refractivity contribution in [2.45, 2.75) is 6.61 Å². The number of aromatic carboxylic acids is 1. The zero-order valence-electron chi connectivity index (χ0n) is 10.7. The first-order valence-electron chi connectivity index (χ1n) is 5.87. The smallest absolute Gasteiger partial charge is 0.339 e. The maximum Gasteiger partial charge on any atom is 0.339 e. The van der Waals surface area contributed by atoms with Crippen molar-refractivity contribution in [3.63, 3.8) is 0 Å². The molecule has 0 radical (unpaired) electrons. The van der Waals surface area contributed by atoms with E-state index in [2.05, 4.69) is 0 Å². The van der Waals surface area contributed by atoms with E-state index >= 15 is 0 Å². The summed E-state index contributed by atoms with van der Waals surface area (Å²) in [6.45, 7) is -0.152. The third-order valence-corrected chi connectivity index (χ3v) is 2.97. The van der Waals surface area contributed by atoms with E-state index in [1.807, 2.05) is 0 Å². The molecule has 0 unspecified atom stereocenters. The Balaban J connectivity index is 2.27. The van der Waals surface area contributed by atoms with Crippen LogP contribution in [0.1, 0.15) is 15.9 Å². The fraction of sp³-hybridized carbons (Fsp3) is 0.0714. The van der Waals surface area contributed by atoms with Crippen LogP contribution in [0.5, 0.6) is 5.75 Å². The number of hydrogen-bond donors (Lipinski definition) is 1. The lowest BCUT2D eigenvalue weighted by Gasteiger charge is -2.09. The van der Waals surface area contributed by atoms with Gasteiger partial charge in [-0.2, -0.15) is 0 Å². The number of hydrogen-bond acceptors (Lipinski definition) is 4. The molecule has 0 amide bonds. The standard InChI is InChI=1S/C14H10ClNO5/c15-10-5-6-12(16(19)20)9(7-10)8-21-13-4-2-1-3-11(13)14(17)18/h1-7H,8H2,(H,17,18). The monoisotopic (exact) mass is 307 g/mol. The summed E-state index contributed by atoms with van der Waals surface area (Å²) in [5, 5.41) is 20.3. The van der Waals surface area contributed by atoms with Gasteiger partial charge in [0.1, 0.15) is 17.9 Å². The number of halogens is 1. The van der Waals surface area contributed by atoms with Gasteiger partial charge in [0, 0.05) is 11.1 Å². The van der Waals surface area contributed by atoms with Crippen LogP contribution < -0.4 is 4.74 Å². The lowest BCUT2D eigenvalue weighted by Crippen LogP contribution is -2.05. The van der Waals surface area contributed by atoms with E-state index in [1.165, 1.54) is 30.3 Å². The van der Waals surface area contributed by atoms with Gasteiger partial charge >= 0.3 is 5.97 Å². The Morgan fingerprint density at radius 3 is 2.67 bits per heavy atom. The third-order valence-electron chi connectivity index (χ3n) is 2.74. The van der Waals surface area contributed by atoms with Gasteiger partial charge in [-0.25, -0.2) is 4.79 Å². The number of para-hydroxylation sites is 1. The maximum absolute atomic E-state index is 11.1. The van der Waals surface area contributed by atoms with E-state index in [0.29, 0.717) is 5.02 Å². The van der Waals surface area contributed by atoms with Crippen molar-refractivity contribution in [3.8, 4) is 5.75 Å². The molecule has 0 aliphatic carbocycles. The summed E-state index contributed by atoms with van der Waals surface area (Å²) in [6.07, 6.45) is 0. The van der Waals surface area contributed by atoms with E-state index in [9.17, 15) is 14.9 Å². The number of carboxylic acid groups (broad SMARTS) is 1. The largest absolute Gasteiger partial charge is 0.488 e. The van der Waals surface area contributed by atoms with Gasteiger partial charge < -0.3 is 9.84 Å². The molecule has 6 nitrogen and oxygen atoms in total. The average molecular weight is 308 g/mol. The highest BCUT2D eigenvalue weighted by molar-refractivity contribution is 6.30. The molecule has 0 saturated carbocycles. The van der Waals surface area contributed by atoms with Gasteiger partial charge in [0.15, 0.2) is 0 Å². The molecule has 0 heterocycles. The molecule has 1 N–H and O–H groups in total. The van der Waals surface area contributed by atoms with Crippen molar-refractivity contribution in [1.29, 1.82) is 0 Å². The van der Waals surface area contributed by atoms with E-state index in [4.69, 9.17) is 21.4 Å². The van der Waals surface area contributed by atoms with Crippen LogP contribution in [0.4, 0.5) is 5.69 Å². The van der Waals surface area contributed by atoms with Gasteiger partial charge in [-0.1, -0.05) is 23.7 Å². The van der Waals surface area contributed by atoms with E-state index in [1.54, 1.807) is 12.1 Å². The van der Waals surface area contributed by atoms with Crippen LogP contribution in [-0.2, 0) is 6.61 Å². The van der Waals surface area contributed by atoms with Gasteiger partial charge in [0.25, 0.3) is 5.69 Å². The second-order valence-electron chi connectivity index (χ2n) is 4.12. The topological polar surface area (TPSA) is 89.7 Å². The highest BCUT2D eigenvalue weighted by Crippen LogP contribution is 2.25. The Kier molecular flexibility index (Phi) is 4.39. The normalized spacial score (nSPS) is 10.1. The van der Waals surface area contributed by atoms with E-state index < -0.39 is 10.9 Å². The molecular weight excluding hydrogens is 298 g/mol. The lowest BCUT2D eigenvalue weighted by atomic mass is 10.2. The van der Waals surface area contributed by atoms with Crippen LogP contribution in [0, 0.1) is 10.1 Å². The predicted molar refractivity (Wildman–Crippen MR) is 75.8 cm³/mol. The molecule has 0 fully saturated rings. The summed E-state index contributed by atoms with van der Waals surface area (Å²) in [7, 11) is 0. The van der Waals surface area contributed by atoms with Crippen LogP contribution in [0.15, 0.2) is 42.5 Å². The highest BCUT2D eigenvalue weighted by atomic mass is 35.5. The second kappa shape index (κ2) is 6.23. The first-order valence-corrected chi connectivity index (χ1v) is 6.25. The zero-order chi connectivity index (χ0) is 15.4. The van der Waals surface area contributed by atoms with Crippen molar-refractivity contribution >= 4 is 23.3 Å². The molecule has 0 aromatic heterocycles. The first-order chi connectivity index (χ1) is 9.99. The minimum atomic E-state index is -1.13. The molecule has 7 heteroatoms. The molecule has 21 heavy (non-hydrogen) atoms. The molecule has 2 rings (SSSR count). The van der Waals surface area contributed by atoms with Crippen LogP contribution in [0.3, 0.4) is 0 Å². The highest BCUT2D eigenvalue weighted by Gasteiger charge is 2.16. The van der Waals surface area contributed by atoms with Crippen LogP contribution in [0.25, 0.3) is 0 Å². The summed E-state index contributed by atoms with van der Waals surface area (Å²) in [5.74, 6) is -0.995. The summed E-state index contributed by atoms with van der Waals surface area (Å²) in [6, 6.07) is 10.2. The fourth-order valence-corrected chi connectivity index (χ4v) is 1.97. The molecule has 0 atom stereocenters. The maximum atomic E-state index is 11.1. The molecule has 2 aromatic rings. The van der Waals surface area contributed by atoms with Crippen molar-refractivity contribution in [3.05, 3.63) is 68.7 Å². The number of carbonyl (C=O) groups is 1. The predicted octanol–water partition coefficient (Wildman–Crippen LogP) is 3.53. The molecule has 2 aromatic carbocycles. The Morgan fingerprint density at radius 2 is 2.00 bits per heavy atom. The number of nitrogens with zero attached hydrogens (tertiary/aromatic N) is 1. The molecule has 0 bridgehead atoms. The van der Waals surface area contributed by atoms with Crippen molar-refractivity contribution in [2.75, 3.05) is 0 Å². The van der Waals surface area contributed by atoms with Crippen LogP contribution in [-0.4, -0.2) is 16.0 Å². The molecule has 0 spiro atoms. The zero-order valence-corrected chi connectivity index (χ0v) is 11.4. The summed E-state index contributed by atoms with van der Waals surface area (Å²) >= 11 is 5.81. The van der Waals surface area contributed by atoms with Crippen LogP contribution >= 0.6 is 11.6 Å². The van der Waals surface area contributed by atoms with Gasteiger partial charge in [0.2, 0.25) is 0 Å². The number of benzene rings is 2. The molecule has 0 aliphatic rings. The summed E-state index contributed by atoms with van der Waals surface area (Å²) < 4.78 is 5.39.